The van der Waals surface area contributed by atoms with Crippen LogP contribution >= 0.6 is 11.3 Å². The van der Waals surface area contributed by atoms with E-state index < -0.39 is 6.23 Å². The van der Waals surface area contributed by atoms with Gasteiger partial charge in [-0.1, -0.05) is 13.0 Å². The molecule has 1 aliphatic carbocycles. The molecule has 2 saturated heterocycles. The third-order valence-corrected chi connectivity index (χ3v) is 11.7. The molecule has 10 heteroatoms. The van der Waals surface area contributed by atoms with E-state index in [4.69, 9.17) is 9.72 Å². The molecule has 10 rings (SSSR count). The van der Waals surface area contributed by atoms with E-state index in [2.05, 4.69) is 73.5 Å². The minimum atomic E-state index is -0.401. The molecule has 0 spiro atoms. The Bertz CT molecular complexity index is 2150. The van der Waals surface area contributed by atoms with Crippen LogP contribution in [-0.4, -0.2) is 37.6 Å². The number of halogens is 1. The first-order valence-corrected chi connectivity index (χ1v) is 17.7. The standard InChI is InChI=1S/C37H36FN7OS/c1-19-11-26(40-16-19)36-42-18-28(44-36)22-13-24(38)34-30-14-23-12-21(27-17-41-35(43-27)25-3-2-10-39-25)6-7-29(23)45(30)37(46-31(34)15-22)33-9-8-32(47-33)20-4-5-20/h6-9,12-15,17-20,25-26,37,39-40H,2-5,10-11,16H2,1H3,(H,41,43)(H,42,44)/t19-,25+,26+,37?/m1/s1. The predicted octanol–water partition coefficient (Wildman–Crippen LogP) is 8.20. The van der Waals surface area contributed by atoms with E-state index in [1.807, 2.05) is 29.8 Å². The van der Waals surface area contributed by atoms with Crippen molar-refractivity contribution in [1.82, 2.24) is 35.1 Å². The Kier molecular flexibility index (Phi) is 6.29. The molecule has 4 atom stereocenters. The lowest BCUT2D eigenvalue weighted by molar-refractivity contribution is 0.176. The molecule has 238 valence electrons. The third kappa shape index (κ3) is 4.68. The minimum Gasteiger partial charge on any atom is -0.464 e. The van der Waals surface area contributed by atoms with Crippen LogP contribution in [0.5, 0.6) is 5.75 Å². The second kappa shape index (κ2) is 10.6. The fourth-order valence-electron chi connectivity index (χ4n) is 7.73. The average Bonchev–Trinajstić information content (AvgIpc) is 3.78. The monoisotopic (exact) mass is 645 g/mol. The van der Waals surface area contributed by atoms with E-state index in [9.17, 15) is 0 Å². The molecule has 2 aromatic carbocycles. The van der Waals surface area contributed by atoms with Crippen molar-refractivity contribution in [3.05, 3.63) is 88.1 Å². The fraction of sp³-hybridized carbons (Fsp3) is 0.351. The summed E-state index contributed by atoms with van der Waals surface area (Å²) >= 11 is 1.82. The predicted molar refractivity (Wildman–Crippen MR) is 182 cm³/mol. The summed E-state index contributed by atoms with van der Waals surface area (Å²) in [5, 5.41) is 8.10. The van der Waals surface area contributed by atoms with Crippen LogP contribution in [0.3, 0.4) is 0 Å². The first kappa shape index (κ1) is 27.8. The van der Waals surface area contributed by atoms with Crippen LogP contribution in [0, 0.1) is 11.7 Å². The topological polar surface area (TPSA) is 95.6 Å². The van der Waals surface area contributed by atoms with Gasteiger partial charge >= 0.3 is 0 Å². The van der Waals surface area contributed by atoms with Gasteiger partial charge in [0.15, 0.2) is 0 Å². The maximum absolute atomic E-state index is 16.4. The summed E-state index contributed by atoms with van der Waals surface area (Å²) in [4.78, 5) is 18.9. The highest BCUT2D eigenvalue weighted by Crippen LogP contribution is 2.50. The number of nitrogens with zero attached hydrogens (tertiary/aromatic N) is 3. The van der Waals surface area contributed by atoms with Gasteiger partial charge in [0.2, 0.25) is 6.23 Å². The van der Waals surface area contributed by atoms with E-state index in [1.165, 1.54) is 17.7 Å². The summed E-state index contributed by atoms with van der Waals surface area (Å²) < 4.78 is 25.4. The molecule has 1 saturated carbocycles. The van der Waals surface area contributed by atoms with E-state index in [0.29, 0.717) is 23.1 Å². The highest BCUT2D eigenvalue weighted by Gasteiger charge is 2.34. The van der Waals surface area contributed by atoms with Crippen molar-refractivity contribution in [3.63, 3.8) is 0 Å². The normalized spacial score (nSPS) is 23.7. The third-order valence-electron chi connectivity index (χ3n) is 10.4. The minimum absolute atomic E-state index is 0.190. The molecule has 4 aliphatic rings. The van der Waals surface area contributed by atoms with Crippen LogP contribution in [0.25, 0.3) is 44.7 Å². The molecule has 4 N–H and O–H groups in total. The number of fused-ring (bicyclic) bond motifs is 5. The number of imidazole rings is 2. The van der Waals surface area contributed by atoms with Gasteiger partial charge in [-0.15, -0.1) is 11.3 Å². The largest absolute Gasteiger partial charge is 0.464 e. The zero-order valence-electron chi connectivity index (χ0n) is 26.1. The zero-order chi connectivity index (χ0) is 31.2. The molecule has 0 bridgehead atoms. The summed E-state index contributed by atoms with van der Waals surface area (Å²) in [6, 6.07) is 17.0. The highest BCUT2D eigenvalue weighted by molar-refractivity contribution is 7.12. The number of ether oxygens (including phenoxy) is 1. The van der Waals surface area contributed by atoms with Crippen molar-refractivity contribution >= 4 is 22.2 Å². The zero-order valence-corrected chi connectivity index (χ0v) is 27.0. The highest BCUT2D eigenvalue weighted by atomic mass is 32.1. The van der Waals surface area contributed by atoms with Crippen molar-refractivity contribution in [2.45, 2.75) is 63.3 Å². The number of H-pyrrole nitrogens is 2. The summed E-state index contributed by atoms with van der Waals surface area (Å²) in [5.41, 5.74) is 5.88. The van der Waals surface area contributed by atoms with E-state index >= 15 is 4.39 Å². The van der Waals surface area contributed by atoms with Gasteiger partial charge in [-0.05, 0) is 99.5 Å². The van der Waals surface area contributed by atoms with E-state index in [-0.39, 0.29) is 17.9 Å². The first-order chi connectivity index (χ1) is 23.1. The molecule has 0 amide bonds. The molecule has 0 radical (unpaired) electrons. The fourth-order valence-corrected chi connectivity index (χ4v) is 8.93. The number of hydrogen-bond donors (Lipinski definition) is 4. The Balaban J connectivity index is 1.07. The number of thiophene rings is 1. The lowest BCUT2D eigenvalue weighted by Crippen LogP contribution is -2.22. The molecule has 4 aromatic heterocycles. The Morgan fingerprint density at radius 3 is 2.45 bits per heavy atom. The van der Waals surface area contributed by atoms with Crippen molar-refractivity contribution in [2.75, 3.05) is 13.1 Å². The summed E-state index contributed by atoms with van der Waals surface area (Å²) in [6.07, 6.45) is 9.12. The average molecular weight is 646 g/mol. The molecule has 1 unspecified atom stereocenters. The van der Waals surface area contributed by atoms with Crippen molar-refractivity contribution < 1.29 is 9.13 Å². The second-order valence-corrected chi connectivity index (χ2v) is 15.0. The molecule has 3 aliphatic heterocycles. The van der Waals surface area contributed by atoms with Gasteiger partial charge < -0.3 is 25.3 Å². The molecular weight excluding hydrogens is 610 g/mol. The van der Waals surface area contributed by atoms with Crippen molar-refractivity contribution in [3.8, 4) is 39.5 Å². The summed E-state index contributed by atoms with van der Waals surface area (Å²) in [6.45, 7) is 4.25. The number of aromatic nitrogens is 5. The number of benzene rings is 2. The maximum atomic E-state index is 16.4. The number of aromatic amines is 2. The van der Waals surface area contributed by atoms with Crippen LogP contribution in [-0.2, 0) is 0 Å². The number of rotatable bonds is 6. The SMILES string of the molecule is C[C@H]1CN[C@H](c2ncc(-c3cc(F)c4c(c3)OC(c3ccc(C5CC5)s3)n3c-4cc4cc(-c5cnc([C@@H]6CCCN6)[nH]5)ccc43)[nH]2)C1. The van der Waals surface area contributed by atoms with Gasteiger partial charge in [0.1, 0.15) is 23.2 Å². The lowest BCUT2D eigenvalue weighted by atomic mass is 10.0. The maximum Gasteiger partial charge on any atom is 0.212 e. The number of hydrogen-bond acceptors (Lipinski definition) is 6. The van der Waals surface area contributed by atoms with Gasteiger partial charge in [0.25, 0.3) is 0 Å². The van der Waals surface area contributed by atoms with E-state index in [0.717, 1.165) is 88.0 Å². The van der Waals surface area contributed by atoms with Gasteiger partial charge in [-0.2, -0.15) is 0 Å². The Morgan fingerprint density at radius 1 is 0.872 bits per heavy atom. The Labute approximate surface area is 275 Å². The van der Waals surface area contributed by atoms with Gasteiger partial charge in [-0.3, -0.25) is 4.57 Å². The Morgan fingerprint density at radius 2 is 1.68 bits per heavy atom. The van der Waals surface area contributed by atoms with Crippen LogP contribution in [0.4, 0.5) is 4.39 Å². The van der Waals surface area contributed by atoms with E-state index in [1.54, 1.807) is 6.07 Å². The quantitative estimate of drug-likeness (QED) is 0.147. The molecule has 7 heterocycles. The van der Waals surface area contributed by atoms with Crippen LogP contribution in [0.1, 0.15) is 84.7 Å². The van der Waals surface area contributed by atoms with Gasteiger partial charge in [-0.25, -0.2) is 14.4 Å². The molecule has 3 fully saturated rings. The van der Waals surface area contributed by atoms with Crippen LogP contribution in [0.15, 0.2) is 60.9 Å². The number of nitrogens with one attached hydrogen (secondary N) is 4. The van der Waals surface area contributed by atoms with Gasteiger partial charge in [0.05, 0.1) is 57.5 Å². The van der Waals surface area contributed by atoms with Crippen LogP contribution in [0.2, 0.25) is 0 Å². The van der Waals surface area contributed by atoms with Crippen LogP contribution < -0.4 is 15.4 Å². The molecular formula is C37H36FN7OS. The molecule has 47 heavy (non-hydrogen) atoms. The summed E-state index contributed by atoms with van der Waals surface area (Å²) in [7, 11) is 0. The van der Waals surface area contributed by atoms with Crippen molar-refractivity contribution in [1.29, 1.82) is 0 Å². The van der Waals surface area contributed by atoms with Crippen molar-refractivity contribution in [2.24, 2.45) is 5.92 Å². The Hall–Kier alpha value is -4.25. The molecule has 8 nitrogen and oxygen atoms in total. The lowest BCUT2D eigenvalue weighted by Gasteiger charge is -2.30. The second-order valence-electron chi connectivity index (χ2n) is 13.8. The smallest absolute Gasteiger partial charge is 0.212 e. The van der Waals surface area contributed by atoms with Gasteiger partial charge in [0, 0.05) is 21.4 Å². The summed E-state index contributed by atoms with van der Waals surface area (Å²) in [5.74, 6) is 3.38. The first-order valence-electron chi connectivity index (χ1n) is 16.9. The molecule has 6 aromatic rings.